The maximum atomic E-state index is 10.8. The summed E-state index contributed by atoms with van der Waals surface area (Å²) in [5.41, 5.74) is 0.662. The van der Waals surface area contributed by atoms with E-state index in [2.05, 4.69) is 5.32 Å². The molecule has 0 aliphatic rings. The van der Waals surface area contributed by atoms with Crippen molar-refractivity contribution in [3.63, 3.8) is 0 Å². The van der Waals surface area contributed by atoms with E-state index in [0.29, 0.717) is 17.9 Å². The molecule has 0 radical (unpaired) electrons. The summed E-state index contributed by atoms with van der Waals surface area (Å²) in [6.45, 7) is 7.99. The van der Waals surface area contributed by atoms with Gasteiger partial charge >= 0.3 is 5.97 Å². The molecule has 1 rings (SSSR count). The van der Waals surface area contributed by atoms with Crippen molar-refractivity contribution in [3.8, 4) is 0 Å². The summed E-state index contributed by atoms with van der Waals surface area (Å²) in [5, 5.41) is 12.1. The first-order valence-electron chi connectivity index (χ1n) is 6.65. The Bertz CT molecular complexity index is 398. The topological polar surface area (TPSA) is 71.7 Å². The zero-order valence-corrected chi connectivity index (χ0v) is 11.9. The van der Waals surface area contributed by atoms with Crippen molar-refractivity contribution in [2.75, 3.05) is 13.2 Å². The van der Waals surface area contributed by atoms with E-state index in [0.717, 1.165) is 26.0 Å². The van der Waals surface area contributed by atoms with Gasteiger partial charge in [0.1, 0.15) is 5.76 Å². The van der Waals surface area contributed by atoms with Crippen LogP contribution in [0.25, 0.3) is 0 Å². The molecule has 108 valence electrons. The molecule has 0 atom stereocenters. The summed E-state index contributed by atoms with van der Waals surface area (Å²) < 4.78 is 10.7. The zero-order chi connectivity index (χ0) is 14.3. The molecule has 0 aromatic carbocycles. The molecular weight excluding hydrogens is 246 g/mol. The largest absolute Gasteiger partial charge is 0.475 e. The molecule has 1 heterocycles. The van der Waals surface area contributed by atoms with Crippen molar-refractivity contribution in [1.29, 1.82) is 0 Å². The molecule has 19 heavy (non-hydrogen) atoms. The molecule has 0 fully saturated rings. The summed E-state index contributed by atoms with van der Waals surface area (Å²) >= 11 is 0. The van der Waals surface area contributed by atoms with E-state index in [9.17, 15) is 4.79 Å². The van der Waals surface area contributed by atoms with Gasteiger partial charge in [0, 0.05) is 12.2 Å². The van der Waals surface area contributed by atoms with Crippen LogP contribution in [0.4, 0.5) is 0 Å². The highest BCUT2D eigenvalue weighted by Crippen LogP contribution is 2.14. The highest BCUT2D eigenvalue weighted by atomic mass is 16.5. The average molecular weight is 269 g/mol. The van der Waals surface area contributed by atoms with Crippen LogP contribution in [0.2, 0.25) is 0 Å². The molecular formula is C14H23NO4. The fourth-order valence-electron chi connectivity index (χ4n) is 1.73. The van der Waals surface area contributed by atoms with Gasteiger partial charge in [-0.1, -0.05) is 0 Å². The minimum Gasteiger partial charge on any atom is -0.475 e. The highest BCUT2D eigenvalue weighted by Gasteiger charge is 2.13. The van der Waals surface area contributed by atoms with Gasteiger partial charge in [-0.25, -0.2) is 4.79 Å². The first kappa shape index (κ1) is 15.7. The van der Waals surface area contributed by atoms with Crippen LogP contribution in [-0.2, 0) is 11.3 Å². The molecule has 5 nitrogen and oxygen atoms in total. The average Bonchev–Trinajstić information content (AvgIpc) is 2.69. The lowest BCUT2D eigenvalue weighted by Gasteiger charge is -2.07. The van der Waals surface area contributed by atoms with Crippen LogP contribution in [0.3, 0.4) is 0 Å². The van der Waals surface area contributed by atoms with Gasteiger partial charge in [-0.15, -0.1) is 0 Å². The van der Waals surface area contributed by atoms with E-state index < -0.39 is 5.97 Å². The summed E-state index contributed by atoms with van der Waals surface area (Å²) in [5.74, 6) is -0.329. The standard InChI is InChI=1S/C14H23NO4/c1-10(2)18-7-5-4-6-15-9-12-8-11(3)13(19-12)14(16)17/h8,10,15H,4-7,9H2,1-3H3,(H,16,17). The van der Waals surface area contributed by atoms with Crippen molar-refractivity contribution < 1.29 is 19.1 Å². The van der Waals surface area contributed by atoms with Crippen LogP contribution in [0.5, 0.6) is 0 Å². The maximum absolute atomic E-state index is 10.8. The Balaban J connectivity index is 2.16. The Morgan fingerprint density at radius 3 is 2.79 bits per heavy atom. The Labute approximate surface area is 113 Å². The quantitative estimate of drug-likeness (QED) is 0.674. The number of carbonyl (C=O) groups is 1. The van der Waals surface area contributed by atoms with E-state index in [1.54, 1.807) is 13.0 Å². The lowest BCUT2D eigenvalue weighted by molar-refractivity contribution is 0.0658. The number of unbranched alkanes of at least 4 members (excludes halogenated alkanes) is 1. The van der Waals surface area contributed by atoms with E-state index in [1.807, 2.05) is 13.8 Å². The Morgan fingerprint density at radius 2 is 2.21 bits per heavy atom. The van der Waals surface area contributed by atoms with Crippen molar-refractivity contribution in [2.24, 2.45) is 0 Å². The van der Waals surface area contributed by atoms with E-state index >= 15 is 0 Å². The lowest BCUT2D eigenvalue weighted by atomic mass is 10.2. The molecule has 0 aliphatic carbocycles. The fraction of sp³-hybridized carbons (Fsp3) is 0.643. The predicted octanol–water partition coefficient (Wildman–Crippen LogP) is 2.58. The third-order valence-electron chi connectivity index (χ3n) is 2.66. The Kier molecular flexibility index (Phi) is 6.59. The number of rotatable bonds is 9. The molecule has 0 amide bonds. The van der Waals surface area contributed by atoms with Crippen molar-refractivity contribution in [2.45, 2.75) is 46.3 Å². The second kappa shape index (κ2) is 7.96. The monoisotopic (exact) mass is 269 g/mol. The van der Waals surface area contributed by atoms with E-state index in [-0.39, 0.29) is 11.9 Å². The molecule has 2 N–H and O–H groups in total. The molecule has 0 saturated carbocycles. The summed E-state index contributed by atoms with van der Waals surface area (Å²) in [6.07, 6.45) is 2.33. The van der Waals surface area contributed by atoms with Gasteiger partial charge in [0.2, 0.25) is 5.76 Å². The SMILES string of the molecule is Cc1cc(CNCCCCOC(C)C)oc1C(=O)O. The first-order valence-corrected chi connectivity index (χ1v) is 6.65. The minimum atomic E-state index is -1.02. The maximum Gasteiger partial charge on any atom is 0.372 e. The van der Waals surface area contributed by atoms with Crippen molar-refractivity contribution in [3.05, 3.63) is 23.2 Å². The van der Waals surface area contributed by atoms with Crippen molar-refractivity contribution in [1.82, 2.24) is 5.32 Å². The van der Waals surface area contributed by atoms with Crippen molar-refractivity contribution >= 4 is 5.97 Å². The molecule has 0 saturated heterocycles. The zero-order valence-electron chi connectivity index (χ0n) is 11.9. The molecule has 1 aromatic rings. The number of hydrogen-bond acceptors (Lipinski definition) is 4. The summed E-state index contributed by atoms with van der Waals surface area (Å²) in [4.78, 5) is 10.8. The third-order valence-corrected chi connectivity index (χ3v) is 2.66. The van der Waals surface area contributed by atoms with Crippen LogP contribution in [0.1, 0.15) is 48.6 Å². The van der Waals surface area contributed by atoms with Crippen LogP contribution in [0.15, 0.2) is 10.5 Å². The normalized spacial score (nSPS) is 11.2. The molecule has 5 heteroatoms. The van der Waals surface area contributed by atoms with E-state index in [4.69, 9.17) is 14.3 Å². The number of carboxylic acids is 1. The number of aryl methyl sites for hydroxylation is 1. The third kappa shape index (κ3) is 5.89. The van der Waals surface area contributed by atoms with Gasteiger partial charge in [0.05, 0.1) is 12.6 Å². The van der Waals surface area contributed by atoms with Gasteiger partial charge in [0.25, 0.3) is 0 Å². The van der Waals surface area contributed by atoms with E-state index in [1.165, 1.54) is 0 Å². The number of nitrogens with one attached hydrogen (secondary N) is 1. The molecule has 0 aliphatic heterocycles. The number of furan rings is 1. The van der Waals surface area contributed by atoms with Gasteiger partial charge in [-0.3, -0.25) is 0 Å². The summed E-state index contributed by atoms with van der Waals surface area (Å²) in [6, 6.07) is 1.76. The number of ether oxygens (including phenoxy) is 1. The van der Waals surface area contributed by atoms with Crippen LogP contribution in [0, 0.1) is 6.92 Å². The van der Waals surface area contributed by atoms with Crippen LogP contribution < -0.4 is 5.32 Å². The molecule has 0 bridgehead atoms. The van der Waals surface area contributed by atoms with Gasteiger partial charge in [-0.2, -0.15) is 0 Å². The van der Waals surface area contributed by atoms with Gasteiger partial charge in [0.15, 0.2) is 0 Å². The fourth-order valence-corrected chi connectivity index (χ4v) is 1.73. The van der Waals surface area contributed by atoms with Crippen LogP contribution >= 0.6 is 0 Å². The predicted molar refractivity (Wildman–Crippen MR) is 72.4 cm³/mol. The second-order valence-corrected chi connectivity index (χ2v) is 4.83. The minimum absolute atomic E-state index is 0.0298. The number of carboxylic acid groups (broad SMARTS) is 1. The number of aromatic carboxylic acids is 1. The highest BCUT2D eigenvalue weighted by molar-refractivity contribution is 5.86. The first-order chi connectivity index (χ1) is 9.00. The Morgan fingerprint density at radius 1 is 1.47 bits per heavy atom. The van der Waals surface area contributed by atoms with Gasteiger partial charge < -0.3 is 19.6 Å². The lowest BCUT2D eigenvalue weighted by Crippen LogP contribution is -2.15. The molecule has 0 unspecified atom stereocenters. The smallest absolute Gasteiger partial charge is 0.372 e. The molecule has 1 aromatic heterocycles. The number of hydrogen-bond donors (Lipinski definition) is 2. The Hall–Kier alpha value is -1.33. The molecule has 0 spiro atoms. The second-order valence-electron chi connectivity index (χ2n) is 4.83. The van der Waals surface area contributed by atoms with Crippen LogP contribution in [-0.4, -0.2) is 30.3 Å². The summed E-state index contributed by atoms with van der Waals surface area (Å²) in [7, 11) is 0. The van der Waals surface area contributed by atoms with Gasteiger partial charge in [-0.05, 0) is 46.2 Å².